The van der Waals surface area contributed by atoms with E-state index in [0.29, 0.717) is 30.4 Å². The van der Waals surface area contributed by atoms with Gasteiger partial charge in [-0.3, -0.25) is 4.79 Å². The van der Waals surface area contributed by atoms with Crippen molar-refractivity contribution in [1.82, 2.24) is 0 Å². The van der Waals surface area contributed by atoms with Crippen molar-refractivity contribution in [2.75, 3.05) is 13.7 Å². The number of carbonyl (C=O) groups is 1. The number of carbonyl (C=O) groups excluding carboxylic acids is 1. The zero-order valence-corrected chi connectivity index (χ0v) is 18.5. The van der Waals surface area contributed by atoms with E-state index in [1.54, 1.807) is 19.2 Å². The molecule has 31 heavy (non-hydrogen) atoms. The number of methoxy groups -OCH3 is 1. The van der Waals surface area contributed by atoms with Gasteiger partial charge in [-0.25, -0.2) is 0 Å². The van der Waals surface area contributed by atoms with Crippen molar-refractivity contribution in [3.8, 4) is 0 Å². The van der Waals surface area contributed by atoms with Crippen LogP contribution in [0.4, 0.5) is 13.2 Å². The minimum atomic E-state index is -4.81. The van der Waals surface area contributed by atoms with Gasteiger partial charge in [-0.15, -0.1) is 0 Å². The Kier molecular flexibility index (Phi) is 8.76. The van der Waals surface area contributed by atoms with Crippen molar-refractivity contribution in [2.45, 2.75) is 70.4 Å². The topological polar surface area (TPSA) is 26.3 Å². The molecule has 2 saturated carbocycles. The van der Waals surface area contributed by atoms with Crippen LogP contribution in [0.3, 0.4) is 0 Å². The smallest absolute Gasteiger partial charge is 0.381 e. The van der Waals surface area contributed by atoms with Crippen LogP contribution in [0.2, 0.25) is 0 Å². The normalized spacial score (nSPS) is 27.5. The molecule has 0 amide bonds. The molecule has 0 bridgehead atoms. The zero-order valence-electron chi connectivity index (χ0n) is 18.5. The van der Waals surface area contributed by atoms with Gasteiger partial charge in [0.05, 0.1) is 6.61 Å². The highest BCUT2D eigenvalue weighted by Gasteiger charge is 2.40. The predicted molar refractivity (Wildman–Crippen MR) is 117 cm³/mol. The van der Waals surface area contributed by atoms with Crippen molar-refractivity contribution >= 4 is 5.78 Å². The molecule has 0 saturated heterocycles. The molecule has 3 rings (SSSR count). The van der Waals surface area contributed by atoms with Gasteiger partial charge in [0.25, 0.3) is 5.78 Å². The number of hydrogen-bond donors (Lipinski definition) is 0. The van der Waals surface area contributed by atoms with Gasteiger partial charge in [0.1, 0.15) is 0 Å². The minimum absolute atomic E-state index is 0.181. The molecular formula is C26H35F3O2. The third-order valence-corrected chi connectivity index (χ3v) is 7.39. The van der Waals surface area contributed by atoms with Gasteiger partial charge in [0.15, 0.2) is 0 Å². The fourth-order valence-corrected chi connectivity index (χ4v) is 5.57. The molecular weight excluding hydrogens is 401 g/mol. The Labute approximate surface area is 184 Å². The first-order valence-corrected chi connectivity index (χ1v) is 11.7. The van der Waals surface area contributed by atoms with Gasteiger partial charge >= 0.3 is 6.18 Å². The molecule has 5 heteroatoms. The fraction of sp³-hybridized carbons (Fsp3) is 0.654. The van der Waals surface area contributed by atoms with E-state index in [4.69, 9.17) is 4.74 Å². The number of benzene rings is 1. The first-order chi connectivity index (χ1) is 14.9. The summed E-state index contributed by atoms with van der Waals surface area (Å²) in [6.07, 6.45) is 11.0. The van der Waals surface area contributed by atoms with E-state index in [9.17, 15) is 18.0 Å². The molecule has 0 radical (unpaired) electrons. The summed E-state index contributed by atoms with van der Waals surface area (Å²) in [5.41, 5.74) is 0.354. The van der Waals surface area contributed by atoms with E-state index in [1.165, 1.54) is 50.7 Å². The van der Waals surface area contributed by atoms with Crippen molar-refractivity contribution < 1.29 is 22.7 Å². The van der Waals surface area contributed by atoms with Crippen LogP contribution >= 0.6 is 0 Å². The minimum Gasteiger partial charge on any atom is -0.381 e. The largest absolute Gasteiger partial charge is 0.454 e. The molecule has 2 aliphatic carbocycles. The number of allylic oxidation sites excluding steroid dienone is 1. The number of aryl methyl sites for hydroxylation is 1. The Morgan fingerprint density at radius 1 is 1.00 bits per heavy atom. The Morgan fingerprint density at radius 2 is 1.61 bits per heavy atom. The Bertz CT molecular complexity index is 724. The molecule has 2 fully saturated rings. The lowest BCUT2D eigenvalue weighted by molar-refractivity contribution is -0.0885. The first-order valence-electron chi connectivity index (χ1n) is 11.7. The van der Waals surface area contributed by atoms with Crippen LogP contribution < -0.4 is 0 Å². The monoisotopic (exact) mass is 436 g/mol. The van der Waals surface area contributed by atoms with Crippen LogP contribution in [-0.2, 0) is 11.2 Å². The molecule has 2 aliphatic rings. The summed E-state index contributed by atoms with van der Waals surface area (Å²) in [7, 11) is 1.72. The van der Waals surface area contributed by atoms with Gasteiger partial charge in [-0.2, -0.15) is 13.2 Å². The number of hydrogen-bond acceptors (Lipinski definition) is 2. The van der Waals surface area contributed by atoms with Crippen molar-refractivity contribution in [2.24, 2.45) is 23.7 Å². The molecule has 1 aromatic carbocycles. The Hall–Kier alpha value is -1.62. The summed E-state index contributed by atoms with van der Waals surface area (Å²) in [5.74, 6) is 1.16. The van der Waals surface area contributed by atoms with Crippen LogP contribution in [0.5, 0.6) is 0 Å². The molecule has 1 aromatic rings. The molecule has 2 nitrogen and oxygen atoms in total. The Morgan fingerprint density at radius 3 is 2.23 bits per heavy atom. The predicted octanol–water partition coefficient (Wildman–Crippen LogP) is 7.18. The van der Waals surface area contributed by atoms with Crippen molar-refractivity contribution in [3.05, 3.63) is 47.5 Å². The molecule has 0 heterocycles. The quantitative estimate of drug-likeness (QED) is 0.319. The lowest BCUT2D eigenvalue weighted by Gasteiger charge is -2.37. The maximum absolute atomic E-state index is 12.9. The highest BCUT2D eigenvalue weighted by Crippen LogP contribution is 2.42. The van der Waals surface area contributed by atoms with Gasteiger partial charge in [0, 0.05) is 12.7 Å². The molecule has 0 spiro atoms. The number of rotatable bonds is 8. The zero-order chi connectivity index (χ0) is 22.3. The number of alkyl halides is 3. The lowest BCUT2D eigenvalue weighted by atomic mass is 9.68. The van der Waals surface area contributed by atoms with Gasteiger partial charge < -0.3 is 4.74 Å². The van der Waals surface area contributed by atoms with Gasteiger partial charge in [-0.05, 0) is 80.6 Å². The highest BCUT2D eigenvalue weighted by atomic mass is 19.4. The van der Waals surface area contributed by atoms with Crippen molar-refractivity contribution in [3.63, 3.8) is 0 Å². The van der Waals surface area contributed by atoms with Crippen LogP contribution in [0, 0.1) is 23.7 Å². The van der Waals surface area contributed by atoms with Gasteiger partial charge in [0.2, 0.25) is 0 Å². The summed E-state index contributed by atoms with van der Waals surface area (Å²) in [6, 6.07) is 6.21. The molecule has 0 atom stereocenters. The molecule has 172 valence electrons. The maximum atomic E-state index is 12.9. The van der Waals surface area contributed by atoms with E-state index in [1.807, 2.05) is 0 Å². The maximum Gasteiger partial charge on any atom is 0.454 e. The third-order valence-electron chi connectivity index (χ3n) is 7.39. The second kappa shape index (κ2) is 11.3. The number of ether oxygens (including phenoxy) is 1. The SMILES string of the molecule is COCC=CC1CCC(C2CCC(CCc3ccccc3C(=O)C(F)(F)F)CC2)CC1. The van der Waals surface area contributed by atoms with Crippen LogP contribution in [-0.4, -0.2) is 25.7 Å². The third kappa shape index (κ3) is 6.93. The highest BCUT2D eigenvalue weighted by molar-refractivity contribution is 6.01. The lowest BCUT2D eigenvalue weighted by Crippen LogP contribution is -2.26. The molecule has 0 N–H and O–H groups in total. The van der Waals surface area contributed by atoms with Crippen LogP contribution in [0.25, 0.3) is 0 Å². The molecule has 0 unspecified atom stereocenters. The standard InChI is InChI=1S/C26H35F3O2/c1-31-18-4-5-19-8-13-21(14-9-19)22-15-10-20(11-16-22)12-17-23-6-2-3-7-24(23)25(30)26(27,28)29/h2-7,19-22H,8-18H2,1H3. The van der Waals surface area contributed by atoms with E-state index in [-0.39, 0.29) is 5.56 Å². The Balaban J connectivity index is 1.43. The van der Waals surface area contributed by atoms with E-state index in [0.717, 1.165) is 31.1 Å². The summed E-state index contributed by atoms with van der Waals surface area (Å²) in [6.45, 7) is 0.693. The average Bonchev–Trinajstić information content (AvgIpc) is 2.78. The van der Waals surface area contributed by atoms with Crippen LogP contribution in [0.1, 0.15) is 73.7 Å². The van der Waals surface area contributed by atoms with E-state index in [2.05, 4.69) is 12.2 Å². The summed E-state index contributed by atoms with van der Waals surface area (Å²) < 4.78 is 43.7. The summed E-state index contributed by atoms with van der Waals surface area (Å²) >= 11 is 0. The van der Waals surface area contributed by atoms with E-state index < -0.39 is 12.0 Å². The summed E-state index contributed by atoms with van der Waals surface area (Å²) in [4.78, 5) is 11.7. The first kappa shape index (κ1) is 24.0. The molecule has 0 aromatic heterocycles. The van der Waals surface area contributed by atoms with Crippen molar-refractivity contribution in [1.29, 1.82) is 0 Å². The van der Waals surface area contributed by atoms with Crippen LogP contribution in [0.15, 0.2) is 36.4 Å². The number of Topliss-reactive ketones (excluding diaryl/α,β-unsaturated/α-hetero) is 1. The fourth-order valence-electron chi connectivity index (χ4n) is 5.57. The number of ketones is 1. The second-order valence-electron chi connectivity index (χ2n) is 9.36. The number of halogens is 3. The van der Waals surface area contributed by atoms with E-state index >= 15 is 0 Å². The molecule has 0 aliphatic heterocycles. The second-order valence-corrected chi connectivity index (χ2v) is 9.36. The van der Waals surface area contributed by atoms with Gasteiger partial charge in [-0.1, -0.05) is 49.3 Å². The summed E-state index contributed by atoms with van der Waals surface area (Å²) in [5, 5.41) is 0. The average molecular weight is 437 g/mol.